The molecule has 10 heteroatoms. The predicted octanol–water partition coefficient (Wildman–Crippen LogP) is 2.79. The van der Waals surface area contributed by atoms with Gasteiger partial charge in [-0.3, -0.25) is 0 Å². The molecule has 6 nitrogen and oxygen atoms in total. The van der Waals surface area contributed by atoms with E-state index in [1.165, 1.54) is 17.3 Å². The van der Waals surface area contributed by atoms with E-state index >= 15 is 0 Å². The van der Waals surface area contributed by atoms with Crippen LogP contribution in [0.4, 0.5) is 0 Å². The van der Waals surface area contributed by atoms with Crippen molar-refractivity contribution in [2.24, 2.45) is 17.8 Å². The number of carboxylic acids is 3. The van der Waals surface area contributed by atoms with Crippen LogP contribution < -0.4 is 15.3 Å². The topological polar surface area (TPSA) is 120 Å². The number of rotatable bonds is 17. The van der Waals surface area contributed by atoms with Gasteiger partial charge in [0.1, 0.15) is 0 Å². The molecule has 0 aromatic carbocycles. The zero-order chi connectivity index (χ0) is 28.1. The second-order valence-electron chi connectivity index (χ2n) is 8.13. The summed E-state index contributed by atoms with van der Waals surface area (Å²) in [7, 11) is 0. The maximum absolute atomic E-state index is 10.3. The molecule has 0 amide bonds. The van der Waals surface area contributed by atoms with E-state index in [1.54, 1.807) is 22.5 Å². The minimum atomic E-state index is -0.969. The van der Waals surface area contributed by atoms with E-state index < -0.39 is 17.9 Å². The summed E-state index contributed by atoms with van der Waals surface area (Å²) >= 11 is 13.4. The standard InChI is InChI=1S/3C7H14O2S.C4H9.Sn/c3*1-2-3-4-6(5-10)7(8)9;1-3-4-2;/h3*6,10H,2-5H2,1H3,(H,8,9);1,3-4H2,2H3;/q;;;;+3/p-3. The minimum absolute atomic E-state index is 0.358. The van der Waals surface area contributed by atoms with E-state index in [4.69, 9.17) is 0 Å². The fourth-order valence-corrected chi connectivity index (χ4v) is 4.38. The van der Waals surface area contributed by atoms with Crippen molar-refractivity contribution in [3.05, 3.63) is 0 Å². The first-order chi connectivity index (χ1) is 16.6. The van der Waals surface area contributed by atoms with Gasteiger partial charge in [-0.1, -0.05) is 59.3 Å². The number of unbranched alkanes of at least 4 members (excludes halogenated alkanes) is 4. The molecule has 3 atom stereocenters. The molecule has 0 fully saturated rings. The van der Waals surface area contributed by atoms with E-state index in [-0.39, 0.29) is 17.8 Å². The van der Waals surface area contributed by atoms with Gasteiger partial charge in [0, 0.05) is 35.7 Å². The molecule has 0 heterocycles. The Balaban J connectivity index is -0.000000188. The van der Waals surface area contributed by atoms with Gasteiger partial charge in [0.05, 0.1) is 0 Å². The molecule has 0 radical (unpaired) electrons. The second kappa shape index (κ2) is 34.3. The molecule has 0 aliphatic carbocycles. The van der Waals surface area contributed by atoms with Crippen molar-refractivity contribution in [2.75, 3.05) is 17.3 Å². The van der Waals surface area contributed by atoms with Crippen molar-refractivity contribution in [2.45, 2.75) is 103 Å². The average Bonchev–Trinajstić information content (AvgIpc) is 2.82. The van der Waals surface area contributed by atoms with Crippen LogP contribution in [0.15, 0.2) is 0 Å². The van der Waals surface area contributed by atoms with Crippen molar-refractivity contribution in [3.8, 4) is 0 Å². The zero-order valence-corrected chi connectivity index (χ0v) is 27.7. The summed E-state index contributed by atoms with van der Waals surface area (Å²) in [4.78, 5) is 30.8. The van der Waals surface area contributed by atoms with Crippen molar-refractivity contribution in [3.63, 3.8) is 0 Å². The summed E-state index contributed by atoms with van der Waals surface area (Å²) in [6.07, 6.45) is 10.8. The van der Waals surface area contributed by atoms with E-state index in [0.717, 1.165) is 38.5 Å². The van der Waals surface area contributed by atoms with Crippen LogP contribution in [-0.4, -0.2) is 57.7 Å². The van der Waals surface area contributed by atoms with Gasteiger partial charge in [-0.05, 0) is 36.5 Å². The molecule has 0 saturated heterocycles. The quantitative estimate of drug-likeness (QED) is 0.163. The van der Waals surface area contributed by atoms with E-state index in [1.807, 2.05) is 20.8 Å². The van der Waals surface area contributed by atoms with Gasteiger partial charge >= 0.3 is 46.7 Å². The van der Waals surface area contributed by atoms with Crippen molar-refractivity contribution in [1.82, 2.24) is 0 Å². The number of hydrogen-bond donors (Lipinski definition) is 3. The summed E-state index contributed by atoms with van der Waals surface area (Å²) in [5.41, 5.74) is 0. The Labute approximate surface area is 244 Å². The normalized spacial score (nSPS) is 12.4. The molecule has 0 rings (SSSR count). The van der Waals surface area contributed by atoms with Crippen LogP contribution in [0.25, 0.3) is 0 Å². The monoisotopic (exact) mass is 660 g/mol. The summed E-state index contributed by atoms with van der Waals surface area (Å²) in [6, 6.07) is 0. The number of carboxylic acid groups (broad SMARTS) is 3. The first-order valence-electron chi connectivity index (χ1n) is 12.7. The molecule has 0 aliphatic heterocycles. The van der Waals surface area contributed by atoms with Crippen LogP contribution in [0.1, 0.15) is 98.3 Å². The molecule has 0 aromatic heterocycles. The van der Waals surface area contributed by atoms with Crippen molar-refractivity contribution in [1.29, 1.82) is 0 Å². The van der Waals surface area contributed by atoms with Gasteiger partial charge in [0.15, 0.2) is 0 Å². The Morgan fingerprint density at radius 2 is 0.800 bits per heavy atom. The Hall–Kier alpha value is 0.259. The first kappa shape index (κ1) is 42.4. The van der Waals surface area contributed by atoms with E-state index in [0.29, 0.717) is 36.5 Å². The summed E-state index contributed by atoms with van der Waals surface area (Å²) in [5, 5.41) is 30.8. The van der Waals surface area contributed by atoms with Crippen LogP contribution in [0.5, 0.6) is 0 Å². The first-order valence-corrected chi connectivity index (χ1v) is 16.6. The molecule has 3 unspecified atom stereocenters. The number of hydrogen-bond acceptors (Lipinski definition) is 9. The van der Waals surface area contributed by atoms with Crippen LogP contribution in [0, 0.1) is 17.8 Å². The fourth-order valence-electron chi connectivity index (χ4n) is 2.38. The Morgan fingerprint density at radius 1 is 0.571 bits per heavy atom. The Kier molecular flexibility index (Phi) is 41.5. The summed E-state index contributed by atoms with van der Waals surface area (Å²) < 4.78 is 1.43. The molecule has 206 valence electrons. The van der Waals surface area contributed by atoms with Crippen LogP contribution in [-0.2, 0) is 14.4 Å². The Bertz CT molecular complexity index is 420. The zero-order valence-electron chi connectivity index (χ0n) is 22.1. The van der Waals surface area contributed by atoms with Crippen molar-refractivity contribution >= 4 is 78.3 Å². The number of aliphatic carboxylic acids is 3. The average molecular weight is 660 g/mol. The molecular formula is C25H48O6S3Sn. The molecule has 0 N–H and O–H groups in total. The third-order valence-electron chi connectivity index (χ3n) is 4.91. The third-order valence-corrected chi connectivity index (χ3v) is 7.24. The maximum atomic E-state index is 10.3. The summed E-state index contributed by atoms with van der Waals surface area (Å²) in [6.45, 7) is 8.32. The number of carbonyl (C=O) groups excluding carboxylic acids is 3. The van der Waals surface area contributed by atoms with Crippen molar-refractivity contribution < 1.29 is 29.7 Å². The molecule has 0 aliphatic rings. The number of carbonyl (C=O) groups is 3. The van der Waals surface area contributed by atoms with Gasteiger partial charge in [-0.2, -0.15) is 37.9 Å². The third kappa shape index (κ3) is 34.3. The molecule has 0 bridgehead atoms. The second-order valence-corrected chi connectivity index (χ2v) is 10.6. The van der Waals surface area contributed by atoms with Gasteiger partial charge in [0.2, 0.25) is 0 Å². The van der Waals surface area contributed by atoms with Crippen LogP contribution in [0.3, 0.4) is 0 Å². The molecule has 35 heavy (non-hydrogen) atoms. The molecule has 0 spiro atoms. The number of thiol groups is 3. The van der Waals surface area contributed by atoms with Gasteiger partial charge in [-0.15, -0.1) is 0 Å². The van der Waals surface area contributed by atoms with Gasteiger partial charge < -0.3 is 29.7 Å². The Morgan fingerprint density at radius 3 is 0.886 bits per heavy atom. The predicted molar refractivity (Wildman–Crippen MR) is 151 cm³/mol. The fraction of sp³-hybridized carbons (Fsp3) is 0.880. The van der Waals surface area contributed by atoms with Crippen LogP contribution in [0.2, 0.25) is 4.44 Å². The molecule has 0 saturated carbocycles. The van der Waals surface area contributed by atoms with E-state index in [2.05, 4.69) is 44.8 Å². The molecule has 0 aromatic rings. The van der Waals surface area contributed by atoms with E-state index in [9.17, 15) is 29.7 Å². The molecular weight excluding hydrogens is 611 g/mol. The van der Waals surface area contributed by atoms with Gasteiger partial charge in [-0.25, -0.2) is 0 Å². The van der Waals surface area contributed by atoms with Gasteiger partial charge in [0.25, 0.3) is 0 Å². The van der Waals surface area contributed by atoms with Crippen LogP contribution >= 0.6 is 37.9 Å². The summed E-state index contributed by atoms with van der Waals surface area (Å²) in [5.74, 6) is -2.81. The SMILES string of the molecule is CCCCC(CS)C(=O)[O-].CCCCC(CS)C(=O)[O-].CCCCC(CS)C(=O)[O-].CCC[CH2][Sn+3].